The minimum absolute atomic E-state index is 0.109. The van der Waals surface area contributed by atoms with Crippen LogP contribution in [0.4, 0.5) is 5.95 Å². The first-order chi connectivity index (χ1) is 14.8. The van der Waals surface area contributed by atoms with E-state index >= 15 is 0 Å². The fourth-order valence-electron chi connectivity index (χ4n) is 2.94. The molecule has 31 heavy (non-hydrogen) atoms. The van der Waals surface area contributed by atoms with Gasteiger partial charge in [0.05, 0.1) is 35.8 Å². The molecule has 0 amide bonds. The summed E-state index contributed by atoms with van der Waals surface area (Å²) < 4.78 is 5.75. The molecule has 168 valence electrons. The van der Waals surface area contributed by atoms with Crippen molar-refractivity contribution in [2.75, 3.05) is 32.6 Å². The molecule has 0 radical (unpaired) electrons. The first-order valence-electron chi connectivity index (χ1n) is 10.4. The van der Waals surface area contributed by atoms with E-state index < -0.39 is 0 Å². The van der Waals surface area contributed by atoms with E-state index in [1.165, 1.54) is 0 Å². The molecule has 0 unspecified atom stereocenters. The van der Waals surface area contributed by atoms with Crippen molar-refractivity contribution in [3.63, 3.8) is 0 Å². The second-order valence-corrected chi connectivity index (χ2v) is 8.87. The molecule has 0 aliphatic rings. The molecule has 0 aliphatic carbocycles. The van der Waals surface area contributed by atoms with E-state index in [9.17, 15) is 4.79 Å². The molecule has 0 aliphatic heterocycles. The zero-order valence-corrected chi connectivity index (χ0v) is 19.6. The van der Waals surface area contributed by atoms with Gasteiger partial charge in [-0.25, -0.2) is 9.97 Å². The van der Waals surface area contributed by atoms with Crippen LogP contribution in [0.1, 0.15) is 48.4 Å². The summed E-state index contributed by atoms with van der Waals surface area (Å²) in [6, 6.07) is 1.86. The van der Waals surface area contributed by atoms with Gasteiger partial charge in [0.25, 0.3) is 5.56 Å². The number of nitrogens with one attached hydrogen (secondary N) is 3. The minimum Gasteiger partial charge on any atom is -0.373 e. The van der Waals surface area contributed by atoms with Gasteiger partial charge in [0.2, 0.25) is 5.95 Å². The summed E-state index contributed by atoms with van der Waals surface area (Å²) >= 11 is 1.65. The maximum Gasteiger partial charge on any atom is 0.256 e. The highest BCUT2D eigenvalue weighted by Crippen LogP contribution is 2.28. The fourth-order valence-corrected chi connectivity index (χ4v) is 3.95. The normalized spacial score (nSPS) is 11.9. The van der Waals surface area contributed by atoms with Crippen molar-refractivity contribution in [2.45, 2.75) is 45.8 Å². The number of hydrogen-bond donors (Lipinski definition) is 3. The Morgan fingerprint density at radius 2 is 2.06 bits per heavy atom. The highest BCUT2D eigenvalue weighted by molar-refractivity contribution is 7.09. The van der Waals surface area contributed by atoms with Crippen molar-refractivity contribution in [2.24, 2.45) is 0 Å². The number of nitrogens with zero attached hydrogens (tertiary/aromatic N) is 4. The quantitative estimate of drug-likeness (QED) is 0.389. The summed E-state index contributed by atoms with van der Waals surface area (Å²) in [6.45, 7) is 7.75. The molecular formula is C21H31N7O2S. The second-order valence-electron chi connectivity index (χ2n) is 8.01. The number of rotatable bonds is 11. The number of aromatic nitrogens is 5. The predicted molar refractivity (Wildman–Crippen MR) is 123 cm³/mol. The fraction of sp³-hybridized carbons (Fsp3) is 0.524. The number of hydrogen-bond acceptors (Lipinski definition) is 8. The average molecular weight is 446 g/mol. The third-order valence-electron chi connectivity index (χ3n) is 5.33. The zero-order chi connectivity index (χ0) is 22.4. The van der Waals surface area contributed by atoms with Crippen LogP contribution in [0.2, 0.25) is 0 Å². The Morgan fingerprint density at radius 1 is 1.26 bits per heavy atom. The molecule has 0 bridgehead atoms. The van der Waals surface area contributed by atoms with Crippen LogP contribution < -0.4 is 10.9 Å². The lowest BCUT2D eigenvalue weighted by Crippen LogP contribution is -2.35. The van der Waals surface area contributed by atoms with Crippen LogP contribution in [0.25, 0.3) is 0 Å². The summed E-state index contributed by atoms with van der Waals surface area (Å²) in [6.07, 6.45) is 2.87. The second kappa shape index (κ2) is 10.2. The van der Waals surface area contributed by atoms with Crippen LogP contribution in [-0.4, -0.2) is 57.3 Å². The predicted octanol–water partition coefficient (Wildman–Crippen LogP) is 2.53. The lowest BCUT2D eigenvalue weighted by Gasteiger charge is -2.30. The van der Waals surface area contributed by atoms with E-state index in [4.69, 9.17) is 9.72 Å². The van der Waals surface area contributed by atoms with Crippen LogP contribution in [0.15, 0.2) is 22.4 Å². The van der Waals surface area contributed by atoms with E-state index in [-0.39, 0.29) is 11.1 Å². The average Bonchev–Trinajstić information content (AvgIpc) is 3.41. The van der Waals surface area contributed by atoms with Crippen LogP contribution in [0, 0.1) is 0 Å². The molecule has 9 nitrogen and oxygen atoms in total. The third kappa shape index (κ3) is 5.78. The smallest absolute Gasteiger partial charge is 0.256 e. The molecular weight excluding hydrogens is 414 g/mol. The maximum atomic E-state index is 12.5. The van der Waals surface area contributed by atoms with Crippen LogP contribution in [0.3, 0.4) is 0 Å². The van der Waals surface area contributed by atoms with Gasteiger partial charge in [-0.05, 0) is 40.4 Å². The van der Waals surface area contributed by atoms with Gasteiger partial charge >= 0.3 is 0 Å². The monoisotopic (exact) mass is 445 g/mol. The van der Waals surface area contributed by atoms with Crippen molar-refractivity contribution in [3.05, 3.63) is 55.6 Å². The van der Waals surface area contributed by atoms with Gasteiger partial charge in [-0.1, -0.05) is 6.92 Å². The van der Waals surface area contributed by atoms with Crippen molar-refractivity contribution in [3.8, 4) is 0 Å². The van der Waals surface area contributed by atoms with Crippen LogP contribution >= 0.6 is 11.3 Å². The molecule has 10 heteroatoms. The van der Waals surface area contributed by atoms with Crippen molar-refractivity contribution in [1.82, 2.24) is 30.0 Å². The van der Waals surface area contributed by atoms with Gasteiger partial charge in [-0.15, -0.1) is 11.3 Å². The summed E-state index contributed by atoms with van der Waals surface area (Å²) in [4.78, 5) is 26.8. The Bertz CT molecular complexity index is 1020. The summed E-state index contributed by atoms with van der Waals surface area (Å²) in [7, 11) is 4.10. The first kappa shape index (κ1) is 23.1. The van der Waals surface area contributed by atoms with E-state index in [1.54, 1.807) is 17.5 Å². The molecule has 0 atom stereocenters. The van der Waals surface area contributed by atoms with Gasteiger partial charge in [-0.2, -0.15) is 5.10 Å². The van der Waals surface area contributed by atoms with Crippen LogP contribution in [0.5, 0.6) is 0 Å². The summed E-state index contributed by atoms with van der Waals surface area (Å²) in [5, 5.41) is 13.1. The molecule has 3 aromatic rings. The Hall–Kier alpha value is -2.56. The number of aryl methyl sites for hydroxylation is 1. The van der Waals surface area contributed by atoms with Gasteiger partial charge in [-0.3, -0.25) is 19.8 Å². The zero-order valence-electron chi connectivity index (χ0n) is 18.8. The van der Waals surface area contributed by atoms with Gasteiger partial charge in [0.15, 0.2) is 0 Å². The molecule has 0 saturated carbocycles. The van der Waals surface area contributed by atoms with Gasteiger partial charge in [0, 0.05) is 30.1 Å². The van der Waals surface area contributed by atoms with Crippen LogP contribution in [-0.2, 0) is 29.7 Å². The molecule has 0 aromatic carbocycles. The van der Waals surface area contributed by atoms with Gasteiger partial charge < -0.3 is 10.1 Å². The topological polar surface area (TPSA) is 112 Å². The van der Waals surface area contributed by atoms with Gasteiger partial charge in [0.1, 0.15) is 5.01 Å². The Balaban J connectivity index is 1.50. The third-order valence-corrected chi connectivity index (χ3v) is 6.54. The number of thiazole rings is 1. The maximum absolute atomic E-state index is 12.5. The standard InChI is InChI=1S/C21H31N7O2S/c1-6-17-16(11-14-7-8-23-27-14)18(29)26-20(25-17)22-9-10-30-12-15-13-31-19(24-15)21(2,3)28(4)5/h7-8,13H,6,9-12H2,1-5H3,(H,23,27)(H2,22,25,26,29). The molecule has 3 heterocycles. The van der Waals surface area contributed by atoms with E-state index in [2.05, 4.69) is 58.3 Å². The lowest BCUT2D eigenvalue weighted by molar-refractivity contribution is 0.127. The van der Waals surface area contributed by atoms with E-state index in [0.29, 0.717) is 44.1 Å². The number of anilines is 1. The van der Waals surface area contributed by atoms with Crippen molar-refractivity contribution >= 4 is 17.3 Å². The number of ether oxygens (including phenoxy) is 1. The first-order valence-corrected chi connectivity index (χ1v) is 11.2. The molecule has 0 spiro atoms. The summed E-state index contributed by atoms with van der Waals surface area (Å²) in [5.41, 5.74) is 2.91. The van der Waals surface area contributed by atoms with Crippen molar-refractivity contribution < 1.29 is 4.74 Å². The minimum atomic E-state index is -0.142. The molecule has 3 aromatic heterocycles. The van der Waals surface area contributed by atoms with E-state index in [1.807, 2.05) is 18.4 Å². The largest absolute Gasteiger partial charge is 0.373 e. The number of H-pyrrole nitrogens is 2. The SMILES string of the molecule is CCc1nc(NCCOCc2csc(C(C)(C)N(C)C)n2)[nH]c(=O)c1Cc1cc[nH]n1. The molecule has 3 rings (SSSR count). The summed E-state index contributed by atoms with van der Waals surface area (Å²) in [5.74, 6) is 0.458. The molecule has 0 saturated heterocycles. The lowest BCUT2D eigenvalue weighted by atomic mass is 10.1. The van der Waals surface area contributed by atoms with E-state index in [0.717, 1.165) is 22.1 Å². The highest BCUT2D eigenvalue weighted by Gasteiger charge is 2.26. The highest BCUT2D eigenvalue weighted by atomic mass is 32.1. The molecule has 0 fully saturated rings. The molecule has 3 N–H and O–H groups in total. The Kier molecular flexibility index (Phi) is 7.58. The van der Waals surface area contributed by atoms with Crippen molar-refractivity contribution in [1.29, 1.82) is 0 Å². The Labute approximate surface area is 186 Å². The number of aromatic amines is 2. The Morgan fingerprint density at radius 3 is 2.74 bits per heavy atom.